The lowest BCUT2D eigenvalue weighted by Gasteiger charge is -2.03. The molecule has 0 aliphatic heterocycles. The summed E-state index contributed by atoms with van der Waals surface area (Å²) >= 11 is 1.41. The Bertz CT molecular complexity index is 1360. The third kappa shape index (κ3) is 3.18. The summed E-state index contributed by atoms with van der Waals surface area (Å²) in [6, 6.07) is 0. The van der Waals surface area contributed by atoms with Crippen molar-refractivity contribution in [2.45, 2.75) is 13.0 Å². The molecule has 0 atom stereocenters. The fourth-order valence-electron chi connectivity index (χ4n) is 3.00. The molecule has 1 amide bonds. The maximum atomic E-state index is 13.0. The predicted octanol–water partition coefficient (Wildman–Crippen LogP) is 0.515. The number of primary amides is 1. The van der Waals surface area contributed by atoms with Crippen LogP contribution in [0.2, 0.25) is 0 Å². The fourth-order valence-corrected chi connectivity index (χ4v) is 4.13. The van der Waals surface area contributed by atoms with Gasteiger partial charge in [-0.25, -0.2) is 14.6 Å². The first-order chi connectivity index (χ1) is 13.9. The van der Waals surface area contributed by atoms with E-state index in [0.29, 0.717) is 28.7 Å². The van der Waals surface area contributed by atoms with Gasteiger partial charge in [-0.2, -0.15) is 5.10 Å². The number of allylic oxidation sites excluding steroid dienone is 1. The van der Waals surface area contributed by atoms with E-state index in [0.717, 1.165) is 9.71 Å². The second-order valence-corrected chi connectivity index (χ2v) is 7.33. The molecule has 0 bridgehead atoms. The van der Waals surface area contributed by atoms with Crippen molar-refractivity contribution in [3.05, 3.63) is 51.7 Å². The van der Waals surface area contributed by atoms with Gasteiger partial charge in [0.15, 0.2) is 5.65 Å². The number of nitrogens with two attached hydrogens (primary N) is 2. The lowest BCUT2D eigenvalue weighted by atomic mass is 10.3. The average Bonchev–Trinajstić information content (AvgIpc) is 3.35. The first-order valence-corrected chi connectivity index (χ1v) is 9.24. The van der Waals surface area contributed by atoms with Crippen LogP contribution in [-0.4, -0.2) is 35.9 Å². The smallest absolute Gasteiger partial charge is 0.304 e. The number of rotatable bonds is 6. The molecule has 0 unspecified atom stereocenters. The Morgan fingerprint density at radius 3 is 2.90 bits per heavy atom. The zero-order valence-corrected chi connectivity index (χ0v) is 16.1. The van der Waals surface area contributed by atoms with Crippen LogP contribution in [0.25, 0.3) is 21.3 Å². The lowest BCUT2D eigenvalue weighted by molar-refractivity contribution is 0.0965. The van der Waals surface area contributed by atoms with Crippen molar-refractivity contribution < 1.29 is 9.21 Å². The maximum absolute atomic E-state index is 13.0. The number of oxazole rings is 1. The molecule has 4 aromatic rings. The summed E-state index contributed by atoms with van der Waals surface area (Å²) in [5.74, 6) is -0.720. The highest BCUT2D eigenvalue weighted by Gasteiger charge is 2.19. The van der Waals surface area contributed by atoms with E-state index >= 15 is 0 Å². The summed E-state index contributed by atoms with van der Waals surface area (Å²) in [5, 5.41) is 13.5. The summed E-state index contributed by atoms with van der Waals surface area (Å²) in [6.45, 7) is 0.00907. The van der Waals surface area contributed by atoms with Crippen LogP contribution in [-0.2, 0) is 20.0 Å². The third-order valence-corrected chi connectivity index (χ3v) is 5.36. The Kier molecular flexibility index (Phi) is 4.47. The van der Waals surface area contributed by atoms with Crippen molar-refractivity contribution in [3.8, 4) is 0 Å². The Hall–Kier alpha value is -3.80. The molecule has 4 aromatic heterocycles. The minimum absolute atomic E-state index is 0.00907. The van der Waals surface area contributed by atoms with Crippen LogP contribution in [0.5, 0.6) is 0 Å². The summed E-state index contributed by atoms with van der Waals surface area (Å²) < 4.78 is 8.99. The molecule has 0 aliphatic carbocycles. The van der Waals surface area contributed by atoms with Gasteiger partial charge in [-0.3, -0.25) is 9.59 Å². The minimum atomic E-state index is -0.786. The highest BCUT2D eigenvalue weighted by atomic mass is 32.1. The number of fused-ring (bicyclic) bond motifs is 3. The average molecular weight is 412 g/mol. The molecule has 0 radical (unpaired) electrons. The fraction of sp³-hybridized carbons (Fsp3) is 0.176. The second-order valence-electron chi connectivity index (χ2n) is 6.25. The monoisotopic (exact) mass is 412 g/mol. The Morgan fingerprint density at radius 2 is 2.21 bits per heavy atom. The van der Waals surface area contributed by atoms with E-state index in [1.165, 1.54) is 34.5 Å². The molecule has 12 heteroatoms. The minimum Gasteiger partial charge on any atom is -0.436 e. The molecule has 0 aromatic carbocycles. The number of hydrogen-bond donors (Lipinski definition) is 3. The first kappa shape index (κ1) is 18.6. The maximum Gasteiger partial charge on any atom is 0.304 e. The molecule has 0 fully saturated rings. The van der Waals surface area contributed by atoms with Crippen LogP contribution >= 0.6 is 11.3 Å². The Labute approximate surface area is 166 Å². The first-order valence-electron chi connectivity index (χ1n) is 8.43. The SMILES string of the molecule is Cn1c2nc(CC(=N)/C=C\N)sc2c2cnn(Cc3cnc(C(N)=O)o3)c(=O)c21. The van der Waals surface area contributed by atoms with Gasteiger partial charge in [0.1, 0.15) is 22.8 Å². The van der Waals surface area contributed by atoms with Crippen molar-refractivity contribution >= 4 is 44.2 Å². The number of aromatic nitrogens is 5. The van der Waals surface area contributed by atoms with E-state index in [1.54, 1.807) is 17.8 Å². The van der Waals surface area contributed by atoms with E-state index < -0.39 is 5.91 Å². The van der Waals surface area contributed by atoms with Gasteiger partial charge in [0, 0.05) is 24.6 Å². The molecule has 148 valence electrons. The van der Waals surface area contributed by atoms with Crippen LogP contribution in [0.4, 0.5) is 0 Å². The highest BCUT2D eigenvalue weighted by Crippen LogP contribution is 2.31. The van der Waals surface area contributed by atoms with Gasteiger partial charge in [0.05, 0.1) is 17.1 Å². The van der Waals surface area contributed by atoms with Gasteiger partial charge < -0.3 is 25.9 Å². The van der Waals surface area contributed by atoms with E-state index in [1.807, 2.05) is 0 Å². The van der Waals surface area contributed by atoms with Gasteiger partial charge in [0.25, 0.3) is 11.4 Å². The number of nitrogens with zero attached hydrogens (tertiary/aromatic N) is 5. The Balaban J connectivity index is 1.74. The van der Waals surface area contributed by atoms with Crippen molar-refractivity contribution in [3.63, 3.8) is 0 Å². The molecule has 4 rings (SSSR count). The number of nitrogens with one attached hydrogen (secondary N) is 1. The number of amides is 1. The molecule has 0 saturated heterocycles. The summed E-state index contributed by atoms with van der Waals surface area (Å²) in [5.41, 5.74) is 11.6. The predicted molar refractivity (Wildman–Crippen MR) is 107 cm³/mol. The van der Waals surface area contributed by atoms with Crippen LogP contribution in [0.3, 0.4) is 0 Å². The topological polar surface area (TPSA) is 172 Å². The van der Waals surface area contributed by atoms with Crippen LogP contribution in [0, 0.1) is 5.41 Å². The van der Waals surface area contributed by atoms with Crippen LogP contribution < -0.4 is 17.0 Å². The van der Waals surface area contributed by atoms with E-state index in [4.69, 9.17) is 21.3 Å². The zero-order chi connectivity index (χ0) is 20.7. The molecule has 4 heterocycles. The van der Waals surface area contributed by atoms with Gasteiger partial charge in [-0.05, 0) is 12.3 Å². The summed E-state index contributed by atoms with van der Waals surface area (Å²) in [6.07, 6.45) is 6.11. The zero-order valence-electron chi connectivity index (χ0n) is 15.2. The van der Waals surface area contributed by atoms with E-state index in [2.05, 4.69) is 15.1 Å². The second kappa shape index (κ2) is 6.98. The molecular weight excluding hydrogens is 396 g/mol. The van der Waals surface area contributed by atoms with Gasteiger partial charge in [0.2, 0.25) is 0 Å². The van der Waals surface area contributed by atoms with E-state index in [9.17, 15) is 9.59 Å². The van der Waals surface area contributed by atoms with Crippen molar-refractivity contribution in [2.24, 2.45) is 18.5 Å². The molecule has 29 heavy (non-hydrogen) atoms. The van der Waals surface area contributed by atoms with Crippen LogP contribution in [0.1, 0.15) is 21.5 Å². The highest BCUT2D eigenvalue weighted by molar-refractivity contribution is 7.19. The van der Waals surface area contributed by atoms with E-state index in [-0.39, 0.29) is 23.8 Å². The molecule has 5 N–H and O–H groups in total. The molecular formula is C17H16N8O3S. The Morgan fingerprint density at radius 1 is 1.41 bits per heavy atom. The number of aryl methyl sites for hydroxylation is 1. The quantitative estimate of drug-likeness (QED) is 0.387. The van der Waals surface area contributed by atoms with Crippen molar-refractivity contribution in [1.82, 2.24) is 24.3 Å². The normalized spacial score (nSPS) is 11.8. The van der Waals surface area contributed by atoms with Crippen LogP contribution in [0.15, 0.2) is 33.9 Å². The van der Waals surface area contributed by atoms with Gasteiger partial charge >= 0.3 is 5.91 Å². The van der Waals surface area contributed by atoms with Crippen molar-refractivity contribution in [2.75, 3.05) is 0 Å². The van der Waals surface area contributed by atoms with Gasteiger partial charge in [-0.1, -0.05) is 0 Å². The van der Waals surface area contributed by atoms with Crippen molar-refractivity contribution in [1.29, 1.82) is 5.41 Å². The largest absolute Gasteiger partial charge is 0.436 e. The number of thiazole rings is 1. The van der Waals surface area contributed by atoms with Gasteiger partial charge in [-0.15, -0.1) is 11.3 Å². The molecule has 11 nitrogen and oxygen atoms in total. The third-order valence-electron chi connectivity index (χ3n) is 4.28. The number of carbonyl (C=O) groups is 1. The summed E-state index contributed by atoms with van der Waals surface area (Å²) in [7, 11) is 1.75. The summed E-state index contributed by atoms with van der Waals surface area (Å²) in [4.78, 5) is 32.4. The molecule has 0 spiro atoms. The molecule has 0 saturated carbocycles. The number of carbonyl (C=O) groups excluding carboxylic acids is 1. The lowest BCUT2D eigenvalue weighted by Crippen LogP contribution is -2.24. The molecule has 0 aliphatic rings. The standard InChI is InChI=1S/C17H16N8O3S/c1-24-12-10(13-15(24)23-11(29-13)4-8(19)2-3-18)6-22-25(17(12)27)7-9-5-21-16(28-9)14(20)26/h2-3,5-6,19H,4,7,18H2,1H3,(H2,20,26)/b3-2-,19-8?. The number of hydrogen-bond acceptors (Lipinski definition) is 9.